The van der Waals surface area contributed by atoms with Crippen LogP contribution in [0.3, 0.4) is 0 Å². The summed E-state index contributed by atoms with van der Waals surface area (Å²) in [7, 11) is 0. The minimum absolute atomic E-state index is 0.0243. The van der Waals surface area contributed by atoms with E-state index in [0.717, 1.165) is 17.3 Å². The lowest BCUT2D eigenvalue weighted by Gasteiger charge is -2.23. The number of nitro groups is 1. The van der Waals surface area contributed by atoms with Gasteiger partial charge >= 0.3 is 5.97 Å². The van der Waals surface area contributed by atoms with Crippen molar-refractivity contribution in [2.45, 2.75) is 13.8 Å². The van der Waals surface area contributed by atoms with E-state index in [9.17, 15) is 25.1 Å². The van der Waals surface area contributed by atoms with Crippen LogP contribution in [0.15, 0.2) is 45.0 Å². The molecular formula is C20H23BrN4O6. The zero-order valence-corrected chi connectivity index (χ0v) is 18.7. The van der Waals surface area contributed by atoms with Gasteiger partial charge in [-0.2, -0.15) is 0 Å². The molecule has 0 aliphatic carbocycles. The zero-order chi connectivity index (χ0) is 23.0. The maximum atomic E-state index is 11.9. The molecule has 0 fully saturated rings. The first-order valence-corrected chi connectivity index (χ1v) is 10.3. The number of hydrogen-bond acceptors (Lipinski definition) is 9. The molecule has 10 nitrogen and oxygen atoms in total. The fourth-order valence-corrected chi connectivity index (χ4v) is 3.35. The molecule has 0 aliphatic rings. The van der Waals surface area contributed by atoms with Gasteiger partial charge in [-0.1, -0.05) is 0 Å². The highest BCUT2D eigenvalue weighted by Crippen LogP contribution is 2.38. The predicted molar refractivity (Wildman–Crippen MR) is 118 cm³/mol. The molecule has 11 heteroatoms. The SMILES string of the molecule is CCOC(=O)c1cc(Br)c(N=Nc2ccc(N(CCO)CCO)cc2C)c([N+](=O)[O-])c1. The molecule has 2 aromatic rings. The van der Waals surface area contributed by atoms with Crippen molar-refractivity contribution < 1.29 is 24.7 Å². The highest BCUT2D eigenvalue weighted by atomic mass is 79.9. The second kappa shape index (κ2) is 11.5. The van der Waals surface area contributed by atoms with Crippen LogP contribution in [0.4, 0.5) is 22.7 Å². The number of aliphatic hydroxyl groups excluding tert-OH is 2. The summed E-state index contributed by atoms with van der Waals surface area (Å²) in [6.45, 7) is 4.22. The van der Waals surface area contributed by atoms with E-state index in [0.29, 0.717) is 18.8 Å². The first-order chi connectivity index (χ1) is 14.8. The fraction of sp³-hybridized carbons (Fsp3) is 0.350. The van der Waals surface area contributed by atoms with Crippen LogP contribution >= 0.6 is 15.9 Å². The summed E-state index contributed by atoms with van der Waals surface area (Å²) in [5.41, 5.74) is 1.67. The largest absolute Gasteiger partial charge is 0.462 e. The molecule has 31 heavy (non-hydrogen) atoms. The van der Waals surface area contributed by atoms with Crippen molar-refractivity contribution in [3.63, 3.8) is 0 Å². The van der Waals surface area contributed by atoms with E-state index in [1.165, 1.54) is 6.07 Å². The number of esters is 1. The summed E-state index contributed by atoms with van der Waals surface area (Å²) in [6.07, 6.45) is 0. The molecule has 0 atom stereocenters. The fourth-order valence-electron chi connectivity index (χ4n) is 2.82. The molecule has 0 bridgehead atoms. The number of aryl methyl sites for hydroxylation is 1. The molecule has 166 valence electrons. The topological polar surface area (TPSA) is 138 Å². The number of halogens is 1. The smallest absolute Gasteiger partial charge is 0.338 e. The Labute approximate surface area is 187 Å². The van der Waals surface area contributed by atoms with Crippen LogP contribution in [0.2, 0.25) is 0 Å². The second-order valence-electron chi connectivity index (χ2n) is 6.41. The van der Waals surface area contributed by atoms with E-state index < -0.39 is 10.9 Å². The summed E-state index contributed by atoms with van der Waals surface area (Å²) < 4.78 is 5.13. The van der Waals surface area contributed by atoms with Crippen LogP contribution in [0, 0.1) is 17.0 Å². The highest BCUT2D eigenvalue weighted by molar-refractivity contribution is 9.10. The van der Waals surface area contributed by atoms with Gasteiger partial charge in [0.05, 0.1) is 40.5 Å². The Balaban J connectivity index is 2.38. The van der Waals surface area contributed by atoms with Gasteiger partial charge in [0.25, 0.3) is 5.69 Å². The Hall–Kier alpha value is -2.89. The molecule has 0 saturated heterocycles. The van der Waals surface area contributed by atoms with Gasteiger partial charge in [0, 0.05) is 24.8 Å². The summed E-state index contributed by atoms with van der Waals surface area (Å²) in [6, 6.07) is 7.79. The van der Waals surface area contributed by atoms with Gasteiger partial charge in [0.1, 0.15) is 0 Å². The number of aliphatic hydroxyl groups is 2. The van der Waals surface area contributed by atoms with Crippen LogP contribution in [0.1, 0.15) is 22.8 Å². The monoisotopic (exact) mass is 494 g/mol. The van der Waals surface area contributed by atoms with Crippen molar-refractivity contribution in [1.82, 2.24) is 0 Å². The van der Waals surface area contributed by atoms with Crippen molar-refractivity contribution in [1.29, 1.82) is 0 Å². The summed E-state index contributed by atoms with van der Waals surface area (Å²) in [5.74, 6) is -0.670. The average Bonchev–Trinajstić information content (AvgIpc) is 2.73. The van der Waals surface area contributed by atoms with Crippen molar-refractivity contribution in [2.24, 2.45) is 10.2 Å². The van der Waals surface area contributed by atoms with E-state index in [-0.39, 0.29) is 41.2 Å². The molecule has 2 aromatic carbocycles. The minimum Gasteiger partial charge on any atom is -0.462 e. The third kappa shape index (κ3) is 6.29. The van der Waals surface area contributed by atoms with Crippen molar-refractivity contribution in [2.75, 3.05) is 37.8 Å². The molecule has 2 rings (SSSR count). The lowest BCUT2D eigenvalue weighted by atomic mass is 10.1. The quantitative estimate of drug-likeness (QED) is 0.220. The number of anilines is 1. The molecule has 0 saturated carbocycles. The average molecular weight is 495 g/mol. The van der Waals surface area contributed by atoms with Crippen LogP contribution < -0.4 is 4.90 Å². The van der Waals surface area contributed by atoms with Crippen molar-refractivity contribution in [3.8, 4) is 0 Å². The van der Waals surface area contributed by atoms with E-state index in [4.69, 9.17) is 4.74 Å². The number of carbonyl (C=O) groups excluding carboxylic acids is 1. The van der Waals surface area contributed by atoms with E-state index >= 15 is 0 Å². The third-order valence-corrected chi connectivity index (χ3v) is 4.90. The lowest BCUT2D eigenvalue weighted by Crippen LogP contribution is -2.29. The second-order valence-corrected chi connectivity index (χ2v) is 7.26. The number of azo groups is 1. The van der Waals surface area contributed by atoms with Gasteiger partial charge < -0.3 is 19.8 Å². The van der Waals surface area contributed by atoms with Crippen LogP contribution in [0.25, 0.3) is 0 Å². The van der Waals surface area contributed by atoms with E-state index in [1.807, 2.05) is 11.0 Å². The Morgan fingerprint density at radius 2 is 1.87 bits per heavy atom. The summed E-state index contributed by atoms with van der Waals surface area (Å²) in [4.78, 5) is 24.6. The van der Waals surface area contributed by atoms with Gasteiger partial charge in [-0.25, -0.2) is 4.79 Å². The number of nitrogens with zero attached hydrogens (tertiary/aromatic N) is 4. The predicted octanol–water partition coefficient (Wildman–Crippen LogP) is 4.05. The maximum absolute atomic E-state index is 11.9. The minimum atomic E-state index is -0.670. The Morgan fingerprint density at radius 3 is 2.42 bits per heavy atom. The molecule has 0 unspecified atom stereocenters. The van der Waals surface area contributed by atoms with Crippen LogP contribution in [-0.4, -0.2) is 54.0 Å². The van der Waals surface area contributed by atoms with Gasteiger partial charge in [-0.3, -0.25) is 10.1 Å². The molecule has 0 amide bonds. The Morgan fingerprint density at radius 1 is 1.19 bits per heavy atom. The number of rotatable bonds is 10. The van der Waals surface area contributed by atoms with Gasteiger partial charge in [-0.05, 0) is 59.6 Å². The van der Waals surface area contributed by atoms with Gasteiger partial charge in [0.15, 0.2) is 5.69 Å². The molecular weight excluding hydrogens is 472 g/mol. The molecule has 0 aromatic heterocycles. The van der Waals surface area contributed by atoms with Gasteiger partial charge in [-0.15, -0.1) is 10.2 Å². The van der Waals surface area contributed by atoms with E-state index in [1.54, 1.807) is 26.0 Å². The molecule has 0 radical (unpaired) electrons. The Kier molecular flexibility index (Phi) is 9.03. The third-order valence-electron chi connectivity index (χ3n) is 4.29. The summed E-state index contributed by atoms with van der Waals surface area (Å²) >= 11 is 3.22. The standard InChI is InChI=1S/C20H23BrN4O6/c1-3-31-20(28)14-11-16(21)19(18(12-14)25(29)30)23-22-17-5-4-15(10-13(17)2)24(6-8-26)7-9-27/h4-5,10-12,26-27H,3,6-9H2,1-2H3. The number of benzene rings is 2. The zero-order valence-electron chi connectivity index (χ0n) is 17.1. The number of hydrogen-bond donors (Lipinski definition) is 2. The molecule has 2 N–H and O–H groups in total. The number of carbonyl (C=O) groups is 1. The van der Waals surface area contributed by atoms with E-state index in [2.05, 4.69) is 26.2 Å². The summed E-state index contributed by atoms with van der Waals surface area (Å²) in [5, 5.41) is 38.1. The molecule has 0 spiro atoms. The van der Waals surface area contributed by atoms with Crippen LogP contribution in [-0.2, 0) is 4.74 Å². The first kappa shape index (κ1) is 24.4. The van der Waals surface area contributed by atoms with Crippen molar-refractivity contribution >= 4 is 44.6 Å². The number of nitro benzene ring substituents is 1. The normalized spacial score (nSPS) is 11.0. The first-order valence-electron chi connectivity index (χ1n) is 9.46. The Bertz CT molecular complexity index is 976. The lowest BCUT2D eigenvalue weighted by molar-refractivity contribution is -0.384. The highest BCUT2D eigenvalue weighted by Gasteiger charge is 2.22. The number of ether oxygens (including phenoxy) is 1. The molecule has 0 heterocycles. The molecule has 0 aliphatic heterocycles. The van der Waals surface area contributed by atoms with Crippen molar-refractivity contribution in [3.05, 3.63) is 56.0 Å². The maximum Gasteiger partial charge on any atom is 0.338 e. The van der Waals surface area contributed by atoms with Crippen LogP contribution in [0.5, 0.6) is 0 Å². The van der Waals surface area contributed by atoms with Gasteiger partial charge in [0.2, 0.25) is 0 Å².